The van der Waals surface area contributed by atoms with Crippen molar-refractivity contribution < 1.29 is 14.3 Å². The second-order valence-electron chi connectivity index (χ2n) is 11.0. The Kier molecular flexibility index (Phi) is 5.57. The number of nitrogens with one attached hydrogen (secondary N) is 1. The number of aromatic amines is 1. The number of carbonyl (C=O) groups is 1. The number of methoxy groups -OCH3 is 1. The minimum absolute atomic E-state index is 0.386. The SMILES string of the molecule is COC(=O)c1cc(Br)cc2[nH]c(-c3nn(COCC[Si](C)(C)C)c4c3C[C@@H]3C[C@]3(C)C4)nc12. The van der Waals surface area contributed by atoms with Gasteiger partial charge in [-0.05, 0) is 48.8 Å². The molecule has 7 nitrogen and oxygen atoms in total. The highest BCUT2D eigenvalue weighted by atomic mass is 79.9. The molecule has 5 rings (SSSR count). The molecule has 2 aromatic heterocycles. The molecule has 0 radical (unpaired) electrons. The van der Waals surface area contributed by atoms with Crippen LogP contribution in [0, 0.1) is 11.3 Å². The molecule has 3 aromatic rings. The van der Waals surface area contributed by atoms with Gasteiger partial charge in [0.15, 0.2) is 5.82 Å². The molecule has 0 unspecified atom stereocenters. The molecule has 2 aliphatic carbocycles. The first-order valence-electron chi connectivity index (χ1n) is 11.5. The largest absolute Gasteiger partial charge is 0.465 e. The maximum absolute atomic E-state index is 12.3. The minimum Gasteiger partial charge on any atom is -0.465 e. The molecule has 1 fully saturated rings. The maximum atomic E-state index is 12.3. The average molecular weight is 532 g/mol. The first kappa shape index (κ1) is 22.8. The van der Waals surface area contributed by atoms with Crippen LogP contribution in [0.3, 0.4) is 0 Å². The summed E-state index contributed by atoms with van der Waals surface area (Å²) in [5.74, 6) is 0.990. The fourth-order valence-electron chi connectivity index (χ4n) is 4.90. The number of ether oxygens (including phenoxy) is 2. The monoisotopic (exact) mass is 530 g/mol. The van der Waals surface area contributed by atoms with Gasteiger partial charge in [-0.15, -0.1) is 0 Å². The molecular weight excluding hydrogens is 500 g/mol. The zero-order chi connectivity index (χ0) is 23.5. The molecule has 2 aliphatic rings. The van der Waals surface area contributed by atoms with Gasteiger partial charge in [-0.3, -0.25) is 0 Å². The third-order valence-electron chi connectivity index (χ3n) is 7.12. The van der Waals surface area contributed by atoms with E-state index < -0.39 is 14.0 Å². The Balaban J connectivity index is 1.52. The summed E-state index contributed by atoms with van der Waals surface area (Å²) in [4.78, 5) is 20.5. The van der Waals surface area contributed by atoms with Crippen LogP contribution in [0.2, 0.25) is 25.7 Å². The van der Waals surface area contributed by atoms with Crippen LogP contribution in [0.1, 0.15) is 35.0 Å². The number of rotatable bonds is 7. The van der Waals surface area contributed by atoms with Gasteiger partial charge in [0.05, 0.1) is 18.2 Å². The Morgan fingerprint density at radius 2 is 2.15 bits per heavy atom. The lowest BCUT2D eigenvalue weighted by Gasteiger charge is -2.20. The Labute approximate surface area is 203 Å². The molecule has 0 bridgehead atoms. The highest BCUT2D eigenvalue weighted by Crippen LogP contribution is 2.60. The predicted molar refractivity (Wildman–Crippen MR) is 134 cm³/mol. The highest BCUT2D eigenvalue weighted by Gasteiger charge is 2.54. The average Bonchev–Trinajstić information content (AvgIpc) is 3.05. The number of benzene rings is 1. The van der Waals surface area contributed by atoms with Crippen molar-refractivity contribution in [2.24, 2.45) is 11.3 Å². The van der Waals surface area contributed by atoms with E-state index in [1.54, 1.807) is 6.07 Å². The summed E-state index contributed by atoms with van der Waals surface area (Å²) in [6.45, 7) is 10.7. The van der Waals surface area contributed by atoms with Crippen LogP contribution in [-0.2, 0) is 29.0 Å². The fraction of sp³-hybridized carbons (Fsp3) is 0.542. The van der Waals surface area contributed by atoms with E-state index >= 15 is 0 Å². The molecule has 33 heavy (non-hydrogen) atoms. The number of carbonyl (C=O) groups excluding carboxylic acids is 1. The number of hydrogen-bond acceptors (Lipinski definition) is 5. The second-order valence-corrected chi connectivity index (χ2v) is 17.5. The van der Waals surface area contributed by atoms with Crippen molar-refractivity contribution in [2.75, 3.05) is 13.7 Å². The molecule has 176 valence electrons. The van der Waals surface area contributed by atoms with E-state index in [9.17, 15) is 4.79 Å². The van der Waals surface area contributed by atoms with Gasteiger partial charge < -0.3 is 14.5 Å². The second kappa shape index (κ2) is 8.06. The third-order valence-corrected chi connectivity index (χ3v) is 9.28. The topological polar surface area (TPSA) is 82.0 Å². The lowest BCUT2D eigenvalue weighted by atomic mass is 9.87. The smallest absolute Gasteiger partial charge is 0.340 e. The van der Waals surface area contributed by atoms with Gasteiger partial charge in [0.2, 0.25) is 0 Å². The summed E-state index contributed by atoms with van der Waals surface area (Å²) in [5, 5.41) is 4.98. The summed E-state index contributed by atoms with van der Waals surface area (Å²) in [6.07, 6.45) is 3.30. The highest BCUT2D eigenvalue weighted by molar-refractivity contribution is 9.10. The van der Waals surface area contributed by atoms with Crippen LogP contribution in [-0.4, -0.2) is 47.5 Å². The van der Waals surface area contributed by atoms with E-state index in [0.29, 0.717) is 35.0 Å². The fourth-order valence-corrected chi connectivity index (χ4v) is 6.12. The van der Waals surface area contributed by atoms with Gasteiger partial charge in [-0.25, -0.2) is 14.5 Å². The van der Waals surface area contributed by atoms with Crippen molar-refractivity contribution in [3.8, 4) is 11.5 Å². The first-order chi connectivity index (χ1) is 15.6. The van der Waals surface area contributed by atoms with Crippen molar-refractivity contribution in [1.29, 1.82) is 0 Å². The lowest BCUT2D eigenvalue weighted by molar-refractivity contribution is 0.0602. The molecule has 2 atom stereocenters. The number of halogens is 1. The van der Waals surface area contributed by atoms with Crippen molar-refractivity contribution >= 4 is 41.0 Å². The van der Waals surface area contributed by atoms with E-state index in [0.717, 1.165) is 41.2 Å². The van der Waals surface area contributed by atoms with E-state index in [2.05, 4.69) is 47.5 Å². The number of nitrogens with zero attached hydrogens (tertiary/aromatic N) is 3. The minimum atomic E-state index is -1.14. The van der Waals surface area contributed by atoms with E-state index in [4.69, 9.17) is 19.6 Å². The van der Waals surface area contributed by atoms with Crippen LogP contribution < -0.4 is 0 Å². The molecule has 0 aliphatic heterocycles. The number of imidazole rings is 1. The van der Waals surface area contributed by atoms with E-state index in [-0.39, 0.29) is 0 Å². The van der Waals surface area contributed by atoms with Crippen LogP contribution in [0.5, 0.6) is 0 Å². The first-order valence-corrected chi connectivity index (χ1v) is 16.0. The Morgan fingerprint density at radius 3 is 2.88 bits per heavy atom. The zero-order valence-electron chi connectivity index (χ0n) is 19.9. The van der Waals surface area contributed by atoms with Crippen molar-refractivity contribution in [3.05, 3.63) is 33.4 Å². The van der Waals surface area contributed by atoms with Crippen LogP contribution in [0.4, 0.5) is 0 Å². The molecular formula is C24H31BrN4O3Si. The number of H-pyrrole nitrogens is 1. The van der Waals surface area contributed by atoms with Crippen molar-refractivity contribution in [2.45, 2.75) is 58.6 Å². The normalized spacial score (nSPS) is 21.7. The Morgan fingerprint density at radius 1 is 1.36 bits per heavy atom. The molecule has 1 saturated carbocycles. The molecule has 9 heteroatoms. The number of aromatic nitrogens is 4. The zero-order valence-corrected chi connectivity index (χ0v) is 22.5. The number of hydrogen-bond donors (Lipinski definition) is 1. The van der Waals surface area contributed by atoms with Gasteiger partial charge in [0.25, 0.3) is 0 Å². The van der Waals surface area contributed by atoms with Gasteiger partial charge in [-0.2, -0.15) is 5.10 Å². The summed E-state index contributed by atoms with van der Waals surface area (Å²) in [7, 11) is 0.244. The number of fused-ring (bicyclic) bond motifs is 3. The Bertz CT molecular complexity index is 1240. The Hall–Kier alpha value is -1.97. The summed E-state index contributed by atoms with van der Waals surface area (Å²) < 4.78 is 13.9. The van der Waals surface area contributed by atoms with Gasteiger partial charge in [-0.1, -0.05) is 42.5 Å². The maximum Gasteiger partial charge on any atom is 0.340 e. The lowest BCUT2D eigenvalue weighted by Crippen LogP contribution is -2.23. The van der Waals surface area contributed by atoms with Crippen molar-refractivity contribution in [1.82, 2.24) is 19.7 Å². The van der Waals surface area contributed by atoms with Crippen LogP contribution in [0.25, 0.3) is 22.6 Å². The van der Waals surface area contributed by atoms with Crippen LogP contribution >= 0.6 is 15.9 Å². The molecule has 1 aromatic carbocycles. The third kappa shape index (κ3) is 4.30. The molecule has 0 saturated heterocycles. The van der Waals surface area contributed by atoms with E-state index in [1.165, 1.54) is 24.8 Å². The number of esters is 1. The molecule has 2 heterocycles. The van der Waals surface area contributed by atoms with Gasteiger partial charge in [0, 0.05) is 30.4 Å². The molecule has 1 N–H and O–H groups in total. The van der Waals surface area contributed by atoms with Crippen molar-refractivity contribution in [3.63, 3.8) is 0 Å². The molecule has 0 amide bonds. The quantitative estimate of drug-likeness (QED) is 0.250. The summed E-state index contributed by atoms with van der Waals surface area (Å²) in [5.41, 5.74) is 5.60. The van der Waals surface area contributed by atoms with Crippen LogP contribution in [0.15, 0.2) is 16.6 Å². The summed E-state index contributed by atoms with van der Waals surface area (Å²) >= 11 is 3.49. The summed E-state index contributed by atoms with van der Waals surface area (Å²) in [6, 6.07) is 4.81. The predicted octanol–water partition coefficient (Wildman–Crippen LogP) is 5.41. The van der Waals surface area contributed by atoms with E-state index in [1.807, 2.05) is 10.7 Å². The molecule has 0 spiro atoms. The standard InChI is InChI=1S/C24H31BrN4O3Si/c1-24-11-14(24)8-16-19(12-24)29(13-32-6-7-33(3,4)5)28-21(16)22-26-18-10-15(25)9-17(20(18)27-22)23(30)31-2/h9-10,14H,6-8,11-13H2,1-5H3,(H,26,27)/t14-,24-/m1/s1. The van der Waals surface area contributed by atoms with Gasteiger partial charge in [0.1, 0.15) is 17.9 Å². The van der Waals surface area contributed by atoms with Gasteiger partial charge >= 0.3 is 5.97 Å².